The van der Waals surface area contributed by atoms with Crippen LogP contribution in [0.4, 0.5) is 0 Å². The fourth-order valence-corrected chi connectivity index (χ4v) is 1.58. The van der Waals surface area contributed by atoms with E-state index in [1.54, 1.807) is 11.9 Å². The highest BCUT2D eigenvalue weighted by atomic mass is 16.4. The summed E-state index contributed by atoms with van der Waals surface area (Å²) in [7, 11) is 1.73. The molecule has 104 valence electrons. The van der Waals surface area contributed by atoms with Gasteiger partial charge in [-0.1, -0.05) is 20.8 Å². The van der Waals surface area contributed by atoms with Gasteiger partial charge in [0.2, 0.25) is 0 Å². The Morgan fingerprint density at radius 1 is 1.32 bits per heavy atom. The molecular weight excluding hydrogens is 244 g/mol. The van der Waals surface area contributed by atoms with Crippen LogP contribution < -0.4 is 0 Å². The van der Waals surface area contributed by atoms with Crippen molar-refractivity contribution in [2.24, 2.45) is 5.41 Å². The van der Waals surface area contributed by atoms with E-state index in [2.05, 4.69) is 25.8 Å². The van der Waals surface area contributed by atoms with Gasteiger partial charge in [-0.05, 0) is 24.5 Å². The number of carbonyl (C=O) groups is 2. The van der Waals surface area contributed by atoms with Gasteiger partial charge in [0, 0.05) is 19.3 Å². The standard InChI is InChI=1S/C14H20N2O3/c1-9(14(2,3)4)16(5)12(17)11-7-6-10(8-15-11)13(18)19/h6-9H,1-5H3,(H,18,19)/t9-/m0/s1. The van der Waals surface area contributed by atoms with E-state index in [1.807, 2.05) is 6.92 Å². The Balaban J connectivity index is 2.91. The zero-order valence-corrected chi connectivity index (χ0v) is 12.0. The zero-order chi connectivity index (χ0) is 14.8. The van der Waals surface area contributed by atoms with Gasteiger partial charge in [0.15, 0.2) is 0 Å². The number of pyridine rings is 1. The van der Waals surface area contributed by atoms with Crippen LogP contribution in [0.5, 0.6) is 0 Å². The van der Waals surface area contributed by atoms with Crippen LogP contribution >= 0.6 is 0 Å². The highest BCUT2D eigenvalue weighted by molar-refractivity contribution is 5.93. The second kappa shape index (κ2) is 5.38. The molecule has 1 atom stereocenters. The average Bonchev–Trinajstić information content (AvgIpc) is 2.35. The predicted molar refractivity (Wildman–Crippen MR) is 72.2 cm³/mol. The van der Waals surface area contributed by atoms with Crippen LogP contribution in [0.1, 0.15) is 48.5 Å². The maximum Gasteiger partial charge on any atom is 0.337 e. The highest BCUT2D eigenvalue weighted by Crippen LogP contribution is 2.23. The maximum atomic E-state index is 12.2. The van der Waals surface area contributed by atoms with Crippen molar-refractivity contribution in [3.8, 4) is 0 Å². The number of hydrogen-bond donors (Lipinski definition) is 1. The minimum atomic E-state index is -1.05. The van der Waals surface area contributed by atoms with Crippen molar-refractivity contribution < 1.29 is 14.7 Å². The zero-order valence-electron chi connectivity index (χ0n) is 12.0. The minimum Gasteiger partial charge on any atom is -0.478 e. The Morgan fingerprint density at radius 3 is 2.26 bits per heavy atom. The van der Waals surface area contributed by atoms with Crippen molar-refractivity contribution in [2.45, 2.75) is 33.7 Å². The Kier molecular flexibility index (Phi) is 4.29. The van der Waals surface area contributed by atoms with Crippen LogP contribution in [-0.2, 0) is 0 Å². The van der Waals surface area contributed by atoms with Gasteiger partial charge in [0.05, 0.1) is 5.56 Å². The summed E-state index contributed by atoms with van der Waals surface area (Å²) < 4.78 is 0. The van der Waals surface area contributed by atoms with Crippen LogP contribution in [0.15, 0.2) is 18.3 Å². The van der Waals surface area contributed by atoms with Gasteiger partial charge >= 0.3 is 5.97 Å². The third-order valence-corrected chi connectivity index (χ3v) is 3.38. The number of carboxylic acid groups (broad SMARTS) is 1. The SMILES string of the molecule is C[C@H](N(C)C(=O)c1ccc(C(=O)O)cn1)C(C)(C)C. The number of nitrogens with zero attached hydrogens (tertiary/aromatic N) is 2. The van der Waals surface area contributed by atoms with Crippen molar-refractivity contribution in [3.63, 3.8) is 0 Å². The number of carboxylic acids is 1. The van der Waals surface area contributed by atoms with Crippen molar-refractivity contribution >= 4 is 11.9 Å². The van der Waals surface area contributed by atoms with Crippen molar-refractivity contribution in [2.75, 3.05) is 7.05 Å². The highest BCUT2D eigenvalue weighted by Gasteiger charge is 2.28. The van der Waals surface area contributed by atoms with E-state index >= 15 is 0 Å². The van der Waals surface area contributed by atoms with Crippen LogP contribution in [0.2, 0.25) is 0 Å². The van der Waals surface area contributed by atoms with Gasteiger partial charge in [-0.2, -0.15) is 0 Å². The van der Waals surface area contributed by atoms with E-state index in [1.165, 1.54) is 18.3 Å². The second-order valence-corrected chi connectivity index (χ2v) is 5.70. The van der Waals surface area contributed by atoms with Gasteiger partial charge in [-0.3, -0.25) is 9.78 Å². The lowest BCUT2D eigenvalue weighted by molar-refractivity contribution is 0.0621. The quantitative estimate of drug-likeness (QED) is 0.909. The van der Waals surface area contributed by atoms with Crippen LogP contribution in [0.25, 0.3) is 0 Å². The van der Waals surface area contributed by atoms with E-state index < -0.39 is 5.97 Å². The number of aromatic nitrogens is 1. The minimum absolute atomic E-state index is 0.0363. The number of aromatic carboxylic acids is 1. The summed E-state index contributed by atoms with van der Waals surface area (Å²) in [6, 6.07) is 2.87. The molecule has 1 aromatic heterocycles. The molecule has 0 saturated carbocycles. The third kappa shape index (κ3) is 3.53. The molecule has 5 nitrogen and oxygen atoms in total. The molecule has 5 heteroatoms. The Hall–Kier alpha value is -1.91. The Bertz CT molecular complexity index is 474. The van der Waals surface area contributed by atoms with Crippen molar-refractivity contribution in [1.82, 2.24) is 9.88 Å². The topological polar surface area (TPSA) is 70.5 Å². The molecule has 1 amide bonds. The number of rotatable bonds is 3. The fraction of sp³-hybridized carbons (Fsp3) is 0.500. The van der Waals surface area contributed by atoms with Crippen LogP contribution in [-0.4, -0.2) is 40.0 Å². The van der Waals surface area contributed by atoms with Crippen LogP contribution in [0.3, 0.4) is 0 Å². The summed E-state index contributed by atoms with van der Waals surface area (Å²) in [5.41, 5.74) is 0.289. The summed E-state index contributed by atoms with van der Waals surface area (Å²) in [5.74, 6) is -1.26. The molecule has 1 aromatic rings. The van der Waals surface area contributed by atoms with E-state index in [0.717, 1.165) is 0 Å². The van der Waals surface area contributed by atoms with E-state index in [0.29, 0.717) is 0 Å². The summed E-state index contributed by atoms with van der Waals surface area (Å²) in [6.45, 7) is 8.15. The third-order valence-electron chi connectivity index (χ3n) is 3.38. The van der Waals surface area contributed by atoms with Gasteiger partial charge in [-0.25, -0.2) is 4.79 Å². The summed E-state index contributed by atoms with van der Waals surface area (Å²) in [4.78, 5) is 28.5. The van der Waals surface area contributed by atoms with Gasteiger partial charge in [0.1, 0.15) is 5.69 Å². The van der Waals surface area contributed by atoms with Gasteiger partial charge in [0.25, 0.3) is 5.91 Å². The number of hydrogen-bond acceptors (Lipinski definition) is 3. The first-order chi connectivity index (χ1) is 8.64. The predicted octanol–water partition coefficient (Wildman–Crippen LogP) is 2.29. The monoisotopic (exact) mass is 264 g/mol. The van der Waals surface area contributed by atoms with E-state index in [-0.39, 0.29) is 28.6 Å². The van der Waals surface area contributed by atoms with E-state index in [4.69, 9.17) is 5.11 Å². The fourth-order valence-electron chi connectivity index (χ4n) is 1.58. The summed E-state index contributed by atoms with van der Waals surface area (Å²) in [5, 5.41) is 8.78. The molecule has 1 rings (SSSR count). The molecule has 0 aliphatic heterocycles. The van der Waals surface area contributed by atoms with Crippen LogP contribution in [0, 0.1) is 5.41 Å². The first-order valence-corrected chi connectivity index (χ1v) is 6.11. The molecule has 0 bridgehead atoms. The molecule has 0 fully saturated rings. The van der Waals surface area contributed by atoms with Crippen molar-refractivity contribution in [1.29, 1.82) is 0 Å². The average molecular weight is 264 g/mol. The lowest BCUT2D eigenvalue weighted by Crippen LogP contribution is -2.43. The first-order valence-electron chi connectivity index (χ1n) is 6.11. The normalized spacial score (nSPS) is 12.9. The smallest absolute Gasteiger partial charge is 0.337 e. The number of amides is 1. The molecular formula is C14H20N2O3. The van der Waals surface area contributed by atoms with Gasteiger partial charge < -0.3 is 10.0 Å². The molecule has 0 saturated heterocycles. The molecule has 0 aromatic carbocycles. The van der Waals surface area contributed by atoms with E-state index in [9.17, 15) is 9.59 Å². The Labute approximate surface area is 113 Å². The van der Waals surface area contributed by atoms with Crippen molar-refractivity contribution in [3.05, 3.63) is 29.6 Å². The summed E-state index contributed by atoms with van der Waals surface area (Å²) >= 11 is 0. The number of carbonyl (C=O) groups excluding carboxylic acids is 1. The molecule has 0 unspecified atom stereocenters. The first kappa shape index (κ1) is 15.1. The Morgan fingerprint density at radius 2 is 1.89 bits per heavy atom. The lowest BCUT2D eigenvalue weighted by atomic mass is 9.87. The largest absolute Gasteiger partial charge is 0.478 e. The molecule has 0 spiro atoms. The second-order valence-electron chi connectivity index (χ2n) is 5.70. The molecule has 0 aliphatic carbocycles. The lowest BCUT2D eigenvalue weighted by Gasteiger charge is -2.35. The molecule has 0 aliphatic rings. The molecule has 0 radical (unpaired) electrons. The molecule has 1 heterocycles. The maximum absolute atomic E-state index is 12.2. The molecule has 1 N–H and O–H groups in total. The van der Waals surface area contributed by atoms with Gasteiger partial charge in [-0.15, -0.1) is 0 Å². The summed E-state index contributed by atoms with van der Waals surface area (Å²) in [6.07, 6.45) is 1.20. The molecule has 19 heavy (non-hydrogen) atoms.